The predicted octanol–water partition coefficient (Wildman–Crippen LogP) is 3.34. The topological polar surface area (TPSA) is 28.4 Å². The molecule has 0 bridgehead atoms. The van der Waals surface area contributed by atoms with Gasteiger partial charge in [-0.05, 0) is 25.9 Å². The molecule has 20 heavy (non-hydrogen) atoms. The first-order chi connectivity index (χ1) is 9.76. The maximum Gasteiger partial charge on any atom is 0.134 e. The van der Waals surface area contributed by atoms with Gasteiger partial charge in [0.05, 0.1) is 6.54 Å². The summed E-state index contributed by atoms with van der Waals surface area (Å²) in [5.41, 5.74) is 2.30. The van der Waals surface area contributed by atoms with E-state index in [0.717, 1.165) is 43.3 Å². The summed E-state index contributed by atoms with van der Waals surface area (Å²) < 4.78 is 6.06. The molecule has 0 atom stereocenters. The number of furan rings is 1. The van der Waals surface area contributed by atoms with Gasteiger partial charge in [0.2, 0.25) is 0 Å². The van der Waals surface area contributed by atoms with Gasteiger partial charge in [0, 0.05) is 29.8 Å². The van der Waals surface area contributed by atoms with Crippen molar-refractivity contribution in [1.82, 2.24) is 10.2 Å². The molecule has 1 N–H and O–H groups in total. The molecule has 3 nitrogen and oxygen atoms in total. The summed E-state index contributed by atoms with van der Waals surface area (Å²) >= 11 is 1.88. The SMILES string of the molecule is CCNCc1c(CN(C)CCSC)oc2ccccc12. The van der Waals surface area contributed by atoms with Gasteiger partial charge in [-0.2, -0.15) is 11.8 Å². The molecule has 110 valence electrons. The fourth-order valence-electron chi connectivity index (χ4n) is 2.29. The van der Waals surface area contributed by atoms with E-state index in [1.54, 1.807) is 0 Å². The fourth-order valence-corrected chi connectivity index (χ4v) is 2.79. The lowest BCUT2D eigenvalue weighted by molar-refractivity contribution is 0.314. The second kappa shape index (κ2) is 7.72. The Bertz CT molecular complexity index is 538. The Morgan fingerprint density at radius 3 is 2.85 bits per heavy atom. The summed E-state index contributed by atoms with van der Waals surface area (Å²) in [6.45, 7) is 5.93. The minimum Gasteiger partial charge on any atom is -0.459 e. The maximum absolute atomic E-state index is 6.06. The van der Waals surface area contributed by atoms with Gasteiger partial charge in [0.25, 0.3) is 0 Å². The van der Waals surface area contributed by atoms with Crippen molar-refractivity contribution >= 4 is 22.7 Å². The van der Waals surface area contributed by atoms with Crippen molar-refractivity contribution in [2.45, 2.75) is 20.0 Å². The molecule has 0 aliphatic rings. The third-order valence-electron chi connectivity index (χ3n) is 3.42. The van der Waals surface area contributed by atoms with E-state index in [-0.39, 0.29) is 0 Å². The minimum absolute atomic E-state index is 0.871. The summed E-state index contributed by atoms with van der Waals surface area (Å²) in [5.74, 6) is 2.25. The number of fused-ring (bicyclic) bond motifs is 1. The highest BCUT2D eigenvalue weighted by atomic mass is 32.2. The van der Waals surface area contributed by atoms with Crippen LogP contribution in [0.15, 0.2) is 28.7 Å². The van der Waals surface area contributed by atoms with Crippen LogP contribution in [-0.4, -0.2) is 37.0 Å². The zero-order valence-electron chi connectivity index (χ0n) is 12.6. The first-order valence-electron chi connectivity index (χ1n) is 7.13. The van der Waals surface area contributed by atoms with Crippen LogP contribution in [0.1, 0.15) is 18.2 Å². The number of nitrogens with one attached hydrogen (secondary N) is 1. The second-order valence-electron chi connectivity index (χ2n) is 5.01. The van der Waals surface area contributed by atoms with Crippen molar-refractivity contribution in [3.8, 4) is 0 Å². The van der Waals surface area contributed by atoms with Gasteiger partial charge in [0.15, 0.2) is 0 Å². The maximum atomic E-state index is 6.06. The van der Waals surface area contributed by atoms with Gasteiger partial charge >= 0.3 is 0 Å². The first-order valence-corrected chi connectivity index (χ1v) is 8.53. The molecular weight excluding hydrogens is 268 g/mol. The van der Waals surface area contributed by atoms with Gasteiger partial charge in [-0.25, -0.2) is 0 Å². The molecule has 4 heteroatoms. The summed E-state index contributed by atoms with van der Waals surface area (Å²) in [6.07, 6.45) is 2.14. The average molecular weight is 292 g/mol. The van der Waals surface area contributed by atoms with Crippen molar-refractivity contribution in [2.75, 3.05) is 32.1 Å². The van der Waals surface area contributed by atoms with Crippen molar-refractivity contribution in [1.29, 1.82) is 0 Å². The van der Waals surface area contributed by atoms with Crippen LogP contribution in [0.25, 0.3) is 11.0 Å². The summed E-state index contributed by atoms with van der Waals surface area (Å²) in [6, 6.07) is 8.31. The van der Waals surface area contributed by atoms with E-state index in [9.17, 15) is 0 Å². The molecule has 1 aromatic carbocycles. The molecule has 0 saturated heterocycles. The third-order valence-corrected chi connectivity index (χ3v) is 4.02. The van der Waals surface area contributed by atoms with Gasteiger partial charge in [-0.15, -0.1) is 0 Å². The monoisotopic (exact) mass is 292 g/mol. The molecule has 0 fully saturated rings. The zero-order valence-corrected chi connectivity index (χ0v) is 13.4. The number of hydrogen-bond acceptors (Lipinski definition) is 4. The van der Waals surface area contributed by atoms with Crippen molar-refractivity contribution in [3.63, 3.8) is 0 Å². The standard InChI is InChI=1S/C16H24N2OS/c1-4-17-11-14-13-7-5-6-8-15(13)19-16(14)12-18(2)9-10-20-3/h5-8,17H,4,9-12H2,1-3H3. The van der Waals surface area contributed by atoms with E-state index in [2.05, 4.69) is 48.6 Å². The zero-order chi connectivity index (χ0) is 14.4. The number of thioether (sulfide) groups is 1. The Morgan fingerprint density at radius 2 is 2.10 bits per heavy atom. The Labute approximate surface area is 125 Å². The quantitative estimate of drug-likeness (QED) is 0.808. The van der Waals surface area contributed by atoms with E-state index in [4.69, 9.17) is 4.42 Å². The van der Waals surface area contributed by atoms with Gasteiger partial charge in [0.1, 0.15) is 11.3 Å². The Kier molecular flexibility index (Phi) is 5.95. The molecule has 0 aliphatic carbocycles. The van der Waals surface area contributed by atoms with Crippen molar-refractivity contribution < 1.29 is 4.42 Å². The molecule has 1 heterocycles. The van der Waals surface area contributed by atoms with Gasteiger partial charge in [-0.1, -0.05) is 25.1 Å². The van der Waals surface area contributed by atoms with Crippen LogP contribution in [0.4, 0.5) is 0 Å². The molecule has 0 spiro atoms. The van der Waals surface area contributed by atoms with Crippen molar-refractivity contribution in [3.05, 3.63) is 35.6 Å². The van der Waals surface area contributed by atoms with Crippen LogP contribution in [0, 0.1) is 0 Å². The van der Waals surface area contributed by atoms with E-state index >= 15 is 0 Å². The van der Waals surface area contributed by atoms with Crippen molar-refractivity contribution in [2.24, 2.45) is 0 Å². The summed E-state index contributed by atoms with van der Waals surface area (Å²) in [4.78, 5) is 2.32. The fraction of sp³-hybridized carbons (Fsp3) is 0.500. The highest BCUT2D eigenvalue weighted by molar-refractivity contribution is 7.98. The van der Waals surface area contributed by atoms with Gasteiger partial charge < -0.3 is 9.73 Å². The Balaban J connectivity index is 2.21. The normalized spacial score (nSPS) is 11.6. The highest BCUT2D eigenvalue weighted by Crippen LogP contribution is 2.26. The Morgan fingerprint density at radius 1 is 1.30 bits per heavy atom. The summed E-state index contributed by atoms with van der Waals surface area (Å²) in [5, 5.41) is 4.65. The van der Waals surface area contributed by atoms with Crippen LogP contribution < -0.4 is 5.32 Å². The minimum atomic E-state index is 0.871. The lowest BCUT2D eigenvalue weighted by Gasteiger charge is -2.15. The predicted molar refractivity (Wildman–Crippen MR) is 88.3 cm³/mol. The molecule has 0 saturated carbocycles. The highest BCUT2D eigenvalue weighted by Gasteiger charge is 2.14. The molecule has 0 amide bonds. The number of benzene rings is 1. The van der Waals surface area contributed by atoms with Gasteiger partial charge in [-0.3, -0.25) is 4.90 Å². The van der Waals surface area contributed by atoms with E-state index in [0.29, 0.717) is 0 Å². The van der Waals surface area contributed by atoms with Crippen LogP contribution in [0.2, 0.25) is 0 Å². The van der Waals surface area contributed by atoms with Crippen LogP contribution in [-0.2, 0) is 13.1 Å². The van der Waals surface area contributed by atoms with Crippen LogP contribution in [0.3, 0.4) is 0 Å². The third kappa shape index (κ3) is 3.78. The molecule has 2 rings (SSSR count). The first kappa shape index (κ1) is 15.4. The molecule has 0 unspecified atom stereocenters. The molecular formula is C16H24N2OS. The number of rotatable bonds is 8. The molecule has 2 aromatic rings. The average Bonchev–Trinajstić information content (AvgIpc) is 2.80. The Hall–Kier alpha value is -0.970. The van der Waals surface area contributed by atoms with E-state index in [1.807, 2.05) is 17.8 Å². The largest absolute Gasteiger partial charge is 0.459 e. The lowest BCUT2D eigenvalue weighted by Crippen LogP contribution is -2.22. The van der Waals surface area contributed by atoms with Crippen LogP contribution in [0.5, 0.6) is 0 Å². The number of hydrogen-bond donors (Lipinski definition) is 1. The number of para-hydroxylation sites is 1. The molecule has 0 aliphatic heterocycles. The van der Waals surface area contributed by atoms with E-state index in [1.165, 1.54) is 10.9 Å². The second-order valence-corrected chi connectivity index (χ2v) is 6.00. The molecule has 1 aromatic heterocycles. The molecule has 0 radical (unpaired) electrons. The van der Waals surface area contributed by atoms with Crippen LogP contribution >= 0.6 is 11.8 Å². The van der Waals surface area contributed by atoms with E-state index < -0.39 is 0 Å². The number of nitrogens with zero attached hydrogens (tertiary/aromatic N) is 1. The smallest absolute Gasteiger partial charge is 0.134 e. The lowest BCUT2D eigenvalue weighted by atomic mass is 10.1. The summed E-state index contributed by atoms with van der Waals surface area (Å²) in [7, 11) is 2.15.